The fourth-order valence-electron chi connectivity index (χ4n) is 2.80. The topological polar surface area (TPSA) is 71.8 Å². The number of carboxylic acid groups (broad SMARTS) is 1. The van der Waals surface area contributed by atoms with Crippen LogP contribution in [0.25, 0.3) is 10.9 Å². The van der Waals surface area contributed by atoms with E-state index in [1.165, 1.54) is 0 Å². The van der Waals surface area contributed by atoms with Crippen LogP contribution in [0.4, 0.5) is 0 Å². The third-order valence-electron chi connectivity index (χ3n) is 3.94. The molecule has 0 bridgehead atoms. The van der Waals surface area contributed by atoms with Crippen molar-refractivity contribution in [1.29, 1.82) is 0 Å². The van der Waals surface area contributed by atoms with Gasteiger partial charge in [-0.3, -0.25) is 9.59 Å². The number of morpholine rings is 1. The first-order valence-electron chi connectivity index (χ1n) is 7.38. The molecule has 1 amide bonds. The van der Waals surface area contributed by atoms with Crippen molar-refractivity contribution in [2.45, 2.75) is 19.1 Å². The van der Waals surface area contributed by atoms with Gasteiger partial charge < -0.3 is 19.3 Å². The number of carbonyl (C=O) groups is 2. The van der Waals surface area contributed by atoms with Gasteiger partial charge in [0.15, 0.2) is 0 Å². The highest BCUT2D eigenvalue weighted by Gasteiger charge is 2.26. The fourth-order valence-corrected chi connectivity index (χ4v) is 2.97. The van der Waals surface area contributed by atoms with Gasteiger partial charge in [0, 0.05) is 29.8 Å². The summed E-state index contributed by atoms with van der Waals surface area (Å²) >= 11 is 6.02. The van der Waals surface area contributed by atoms with E-state index >= 15 is 0 Å². The van der Waals surface area contributed by atoms with Gasteiger partial charge in [-0.05, 0) is 23.6 Å². The van der Waals surface area contributed by atoms with E-state index in [4.69, 9.17) is 21.4 Å². The molecule has 6 nitrogen and oxygen atoms in total. The fraction of sp³-hybridized carbons (Fsp3) is 0.375. The number of aromatic nitrogens is 1. The van der Waals surface area contributed by atoms with Crippen LogP contribution in [0.5, 0.6) is 0 Å². The van der Waals surface area contributed by atoms with Crippen molar-refractivity contribution in [3.8, 4) is 0 Å². The van der Waals surface area contributed by atoms with Crippen molar-refractivity contribution in [3.63, 3.8) is 0 Å². The molecule has 1 N–H and O–H groups in total. The number of rotatable bonds is 4. The number of benzene rings is 1. The highest BCUT2D eigenvalue weighted by Crippen LogP contribution is 2.21. The Morgan fingerprint density at radius 3 is 2.96 bits per heavy atom. The van der Waals surface area contributed by atoms with Gasteiger partial charge in [-0.2, -0.15) is 0 Å². The second kappa shape index (κ2) is 6.60. The van der Waals surface area contributed by atoms with E-state index in [9.17, 15) is 9.59 Å². The molecule has 122 valence electrons. The quantitative estimate of drug-likeness (QED) is 0.927. The van der Waals surface area contributed by atoms with Gasteiger partial charge >= 0.3 is 5.97 Å². The molecule has 0 spiro atoms. The van der Waals surface area contributed by atoms with Gasteiger partial charge in [0.2, 0.25) is 5.91 Å². The molecule has 0 unspecified atom stereocenters. The number of halogens is 1. The molecule has 1 aliphatic rings. The van der Waals surface area contributed by atoms with Crippen LogP contribution in [-0.4, -0.2) is 52.3 Å². The summed E-state index contributed by atoms with van der Waals surface area (Å²) in [5.41, 5.74) is 0.904. The van der Waals surface area contributed by atoms with E-state index in [1.807, 2.05) is 35.0 Å². The number of nitrogens with zero attached hydrogens (tertiary/aromatic N) is 2. The van der Waals surface area contributed by atoms with Gasteiger partial charge in [-0.1, -0.05) is 17.7 Å². The van der Waals surface area contributed by atoms with E-state index in [0.717, 1.165) is 10.9 Å². The van der Waals surface area contributed by atoms with Crippen molar-refractivity contribution in [1.82, 2.24) is 9.47 Å². The van der Waals surface area contributed by atoms with Crippen LogP contribution in [0.15, 0.2) is 30.5 Å². The molecule has 0 radical (unpaired) electrons. The number of carboxylic acids is 1. The molecule has 1 aromatic heterocycles. The van der Waals surface area contributed by atoms with Crippen LogP contribution in [0, 0.1) is 0 Å². The lowest BCUT2D eigenvalue weighted by Gasteiger charge is -2.32. The van der Waals surface area contributed by atoms with Gasteiger partial charge in [0.1, 0.15) is 6.54 Å². The Labute approximate surface area is 138 Å². The Morgan fingerprint density at radius 2 is 2.17 bits per heavy atom. The molecular formula is C16H17ClN2O4. The molecule has 3 rings (SSSR count). The molecule has 2 aromatic rings. The largest absolute Gasteiger partial charge is 0.481 e. The molecular weight excluding hydrogens is 320 g/mol. The molecule has 0 aliphatic carbocycles. The Morgan fingerprint density at radius 1 is 1.35 bits per heavy atom. The van der Waals surface area contributed by atoms with Crippen molar-refractivity contribution >= 4 is 34.4 Å². The Kier molecular flexibility index (Phi) is 4.54. The van der Waals surface area contributed by atoms with Crippen LogP contribution >= 0.6 is 11.6 Å². The van der Waals surface area contributed by atoms with E-state index in [1.54, 1.807) is 4.90 Å². The summed E-state index contributed by atoms with van der Waals surface area (Å²) in [6.45, 7) is 1.35. The maximum Gasteiger partial charge on any atom is 0.306 e. The summed E-state index contributed by atoms with van der Waals surface area (Å²) in [5, 5.41) is 10.5. The van der Waals surface area contributed by atoms with Crippen LogP contribution < -0.4 is 0 Å². The summed E-state index contributed by atoms with van der Waals surface area (Å²) in [6, 6.07) is 7.49. The van der Waals surface area contributed by atoms with E-state index in [0.29, 0.717) is 24.7 Å². The minimum absolute atomic E-state index is 0.0545. The monoisotopic (exact) mass is 336 g/mol. The van der Waals surface area contributed by atoms with Gasteiger partial charge in [-0.15, -0.1) is 0 Å². The van der Waals surface area contributed by atoms with Gasteiger partial charge in [0.25, 0.3) is 0 Å². The third kappa shape index (κ3) is 3.65. The van der Waals surface area contributed by atoms with Crippen molar-refractivity contribution in [2.24, 2.45) is 0 Å². The molecule has 2 heterocycles. The molecule has 1 aromatic carbocycles. The lowest BCUT2D eigenvalue weighted by molar-refractivity contribution is -0.147. The van der Waals surface area contributed by atoms with Crippen LogP contribution in [-0.2, 0) is 20.9 Å². The minimum atomic E-state index is -0.921. The first kappa shape index (κ1) is 15.8. The number of fused-ring (bicyclic) bond motifs is 1. The number of hydrogen-bond donors (Lipinski definition) is 1. The third-order valence-corrected chi connectivity index (χ3v) is 4.17. The number of carbonyl (C=O) groups excluding carboxylic acids is 1. The summed E-state index contributed by atoms with van der Waals surface area (Å²) in [7, 11) is 0. The van der Waals surface area contributed by atoms with Gasteiger partial charge in [-0.25, -0.2) is 0 Å². The first-order chi connectivity index (χ1) is 11.0. The molecule has 1 fully saturated rings. The summed E-state index contributed by atoms with van der Waals surface area (Å²) in [6.07, 6.45) is 1.32. The lowest BCUT2D eigenvalue weighted by Crippen LogP contribution is -2.47. The van der Waals surface area contributed by atoms with E-state index in [2.05, 4.69) is 0 Å². The Balaban J connectivity index is 1.70. The Bertz CT molecular complexity index is 743. The predicted octanol–water partition coefficient (Wildman–Crippen LogP) is 2.00. The average Bonchev–Trinajstić information content (AvgIpc) is 2.89. The highest BCUT2D eigenvalue weighted by molar-refractivity contribution is 6.31. The molecule has 0 saturated carbocycles. The molecule has 1 atom stereocenters. The van der Waals surface area contributed by atoms with Gasteiger partial charge in [0.05, 0.1) is 19.1 Å². The minimum Gasteiger partial charge on any atom is -0.481 e. The van der Waals surface area contributed by atoms with E-state index in [-0.39, 0.29) is 18.9 Å². The number of aliphatic carboxylic acids is 1. The zero-order valence-electron chi connectivity index (χ0n) is 12.4. The maximum absolute atomic E-state index is 12.5. The zero-order valence-corrected chi connectivity index (χ0v) is 13.2. The molecule has 7 heteroatoms. The van der Waals surface area contributed by atoms with Crippen LogP contribution in [0.2, 0.25) is 5.02 Å². The first-order valence-corrected chi connectivity index (χ1v) is 7.76. The van der Waals surface area contributed by atoms with Crippen molar-refractivity contribution in [2.75, 3.05) is 19.7 Å². The van der Waals surface area contributed by atoms with E-state index < -0.39 is 12.1 Å². The second-order valence-electron chi connectivity index (χ2n) is 5.58. The number of hydrogen-bond acceptors (Lipinski definition) is 3. The average molecular weight is 337 g/mol. The highest BCUT2D eigenvalue weighted by atomic mass is 35.5. The van der Waals surface area contributed by atoms with Crippen LogP contribution in [0.1, 0.15) is 6.42 Å². The normalized spacial score (nSPS) is 18.3. The molecule has 1 aliphatic heterocycles. The standard InChI is InChI=1S/C16H17ClN2O4/c17-12-2-1-11-3-4-18(14(11)7-12)10-15(20)19-5-6-23-13(9-19)8-16(21)22/h1-4,7,13H,5-6,8-10H2,(H,21,22)/t13-/m0/s1. The van der Waals surface area contributed by atoms with Crippen molar-refractivity contribution in [3.05, 3.63) is 35.5 Å². The molecule has 23 heavy (non-hydrogen) atoms. The molecule has 1 saturated heterocycles. The SMILES string of the molecule is O=C(O)C[C@H]1CN(C(=O)Cn2ccc3ccc(Cl)cc32)CCO1. The summed E-state index contributed by atoms with van der Waals surface area (Å²) < 4.78 is 7.24. The number of amides is 1. The zero-order chi connectivity index (χ0) is 16.4. The van der Waals surface area contributed by atoms with Crippen molar-refractivity contribution < 1.29 is 19.4 Å². The predicted molar refractivity (Wildman–Crippen MR) is 85.5 cm³/mol. The second-order valence-corrected chi connectivity index (χ2v) is 6.01. The number of ether oxygens (including phenoxy) is 1. The summed E-state index contributed by atoms with van der Waals surface area (Å²) in [4.78, 5) is 24.9. The maximum atomic E-state index is 12.5. The Hall–Kier alpha value is -2.05. The lowest BCUT2D eigenvalue weighted by atomic mass is 10.2. The smallest absolute Gasteiger partial charge is 0.306 e. The van der Waals surface area contributed by atoms with Crippen LogP contribution in [0.3, 0.4) is 0 Å². The summed E-state index contributed by atoms with van der Waals surface area (Å²) in [5.74, 6) is -0.975.